The summed E-state index contributed by atoms with van der Waals surface area (Å²) in [5.41, 5.74) is 0.899. The van der Waals surface area contributed by atoms with Gasteiger partial charge in [0.2, 0.25) is 10.0 Å². The van der Waals surface area contributed by atoms with E-state index in [4.69, 9.17) is 0 Å². The first-order chi connectivity index (χ1) is 10.9. The van der Waals surface area contributed by atoms with E-state index in [1.54, 1.807) is 4.31 Å². The Morgan fingerprint density at radius 2 is 2.13 bits per heavy atom. The molecule has 5 nitrogen and oxygen atoms in total. The number of nitrogens with zero attached hydrogens (tertiary/aromatic N) is 3. The van der Waals surface area contributed by atoms with Crippen LogP contribution in [0.3, 0.4) is 0 Å². The van der Waals surface area contributed by atoms with Crippen LogP contribution in [0, 0.1) is 11.8 Å². The Hall–Kier alpha value is -0.880. The van der Waals surface area contributed by atoms with Gasteiger partial charge in [-0.3, -0.25) is 0 Å². The molecule has 1 aromatic heterocycles. The second-order valence-corrected chi connectivity index (χ2v) is 9.47. The van der Waals surface area contributed by atoms with E-state index in [1.807, 2.05) is 0 Å². The first-order valence-corrected chi connectivity index (χ1v) is 10.8. The van der Waals surface area contributed by atoms with E-state index in [-0.39, 0.29) is 0 Å². The summed E-state index contributed by atoms with van der Waals surface area (Å²) < 4.78 is 28.3. The third kappa shape index (κ3) is 4.35. The van der Waals surface area contributed by atoms with Crippen LogP contribution in [0.5, 0.6) is 0 Å². The van der Waals surface area contributed by atoms with Crippen molar-refractivity contribution in [1.82, 2.24) is 13.9 Å². The molecule has 0 saturated heterocycles. The van der Waals surface area contributed by atoms with Crippen molar-refractivity contribution >= 4 is 10.0 Å². The molecule has 0 amide bonds. The van der Waals surface area contributed by atoms with Gasteiger partial charge < -0.3 is 4.57 Å². The van der Waals surface area contributed by atoms with Crippen molar-refractivity contribution in [2.45, 2.75) is 65.0 Å². The predicted octanol–water partition coefficient (Wildman–Crippen LogP) is 2.81. The lowest BCUT2D eigenvalue weighted by atomic mass is 9.82. The molecule has 0 unspecified atom stereocenters. The summed E-state index contributed by atoms with van der Waals surface area (Å²) in [5.74, 6) is 2.33. The Labute approximate surface area is 140 Å². The molecule has 0 aromatic carbocycles. The van der Waals surface area contributed by atoms with E-state index < -0.39 is 10.0 Å². The highest BCUT2D eigenvalue weighted by atomic mass is 32.2. The monoisotopic (exact) mass is 339 g/mol. The van der Waals surface area contributed by atoms with Crippen LogP contribution in [0.15, 0.2) is 6.20 Å². The number of imidazole rings is 1. The number of hydrogen-bond donors (Lipinski definition) is 0. The number of aromatic nitrogens is 2. The number of sulfonamides is 1. The fourth-order valence-corrected chi connectivity index (χ4v) is 4.91. The quantitative estimate of drug-likeness (QED) is 0.829. The van der Waals surface area contributed by atoms with Gasteiger partial charge in [0.15, 0.2) is 0 Å². The minimum absolute atomic E-state index is 0.420. The smallest absolute Gasteiger partial charge is 0.211 e. The number of hydrogen-bond acceptors (Lipinski definition) is 3. The fraction of sp³-hybridized carbons (Fsp3) is 0.824. The van der Waals surface area contributed by atoms with E-state index in [0.29, 0.717) is 19.0 Å². The number of fused-ring (bicyclic) bond motifs is 1. The van der Waals surface area contributed by atoms with Crippen LogP contribution in [0.25, 0.3) is 0 Å². The molecule has 0 bridgehead atoms. The van der Waals surface area contributed by atoms with E-state index >= 15 is 0 Å². The van der Waals surface area contributed by atoms with Gasteiger partial charge in [-0.25, -0.2) is 13.4 Å². The van der Waals surface area contributed by atoms with Gasteiger partial charge in [-0.1, -0.05) is 19.8 Å². The summed E-state index contributed by atoms with van der Waals surface area (Å²) in [6.07, 6.45) is 11.6. The highest BCUT2D eigenvalue weighted by Gasteiger charge is 2.26. The van der Waals surface area contributed by atoms with Gasteiger partial charge in [0.1, 0.15) is 5.82 Å². The first kappa shape index (κ1) is 17.0. The molecule has 2 atom stereocenters. The predicted molar refractivity (Wildman–Crippen MR) is 91.5 cm³/mol. The molecule has 6 heteroatoms. The highest BCUT2D eigenvalue weighted by molar-refractivity contribution is 7.88. The molecule has 130 valence electrons. The zero-order valence-corrected chi connectivity index (χ0v) is 15.2. The molecule has 0 radical (unpaired) electrons. The third-order valence-corrected chi connectivity index (χ3v) is 6.49. The van der Waals surface area contributed by atoms with E-state index in [1.165, 1.54) is 31.9 Å². The zero-order chi connectivity index (χ0) is 16.4. The van der Waals surface area contributed by atoms with Crippen LogP contribution in [-0.2, 0) is 29.5 Å². The third-order valence-electron chi connectivity index (χ3n) is 5.27. The summed E-state index contributed by atoms with van der Waals surface area (Å²) in [7, 11) is -3.20. The topological polar surface area (TPSA) is 55.2 Å². The Bertz CT molecular complexity index is 615. The highest BCUT2D eigenvalue weighted by Crippen LogP contribution is 2.30. The largest absolute Gasteiger partial charge is 0.335 e. The van der Waals surface area contributed by atoms with Crippen LogP contribution >= 0.6 is 0 Å². The lowest BCUT2D eigenvalue weighted by molar-refractivity contribution is 0.233. The van der Waals surface area contributed by atoms with Crippen LogP contribution in [0.4, 0.5) is 0 Å². The molecule has 1 aromatic rings. The molecule has 3 rings (SSSR count). The molecule has 1 aliphatic heterocycles. The Kier molecular flexibility index (Phi) is 5.11. The van der Waals surface area contributed by atoms with Gasteiger partial charge in [0.25, 0.3) is 0 Å². The standard InChI is InChI=1S/C17H29N3O2S/c1-14-6-5-7-15(10-14)11-20(23(2,21)22)13-16-12-19-9-4-3-8-17(19)18-16/h12,14-15H,3-11,13H2,1-2H3/t14-,15+/m0/s1. The zero-order valence-electron chi connectivity index (χ0n) is 14.4. The summed E-state index contributed by atoms with van der Waals surface area (Å²) in [5, 5.41) is 0. The minimum Gasteiger partial charge on any atom is -0.335 e. The number of aryl methyl sites for hydroxylation is 2. The first-order valence-electron chi connectivity index (χ1n) is 8.92. The maximum absolute atomic E-state index is 12.2. The molecule has 23 heavy (non-hydrogen) atoms. The van der Waals surface area contributed by atoms with Crippen molar-refractivity contribution in [2.75, 3.05) is 12.8 Å². The molecular formula is C17H29N3O2S. The Morgan fingerprint density at radius 1 is 1.30 bits per heavy atom. The summed E-state index contributed by atoms with van der Waals surface area (Å²) in [6.45, 7) is 4.36. The maximum Gasteiger partial charge on any atom is 0.211 e. The van der Waals surface area contributed by atoms with Crippen molar-refractivity contribution in [3.63, 3.8) is 0 Å². The van der Waals surface area contributed by atoms with Gasteiger partial charge in [-0.2, -0.15) is 4.31 Å². The van der Waals surface area contributed by atoms with Crippen molar-refractivity contribution in [1.29, 1.82) is 0 Å². The van der Waals surface area contributed by atoms with Crippen LogP contribution in [-0.4, -0.2) is 35.1 Å². The summed E-state index contributed by atoms with van der Waals surface area (Å²) >= 11 is 0. The average Bonchev–Trinajstić information content (AvgIpc) is 2.88. The SMILES string of the molecule is C[C@H]1CCC[C@@H](CN(Cc2cn3c(n2)CCCC3)S(C)(=O)=O)C1. The van der Waals surface area contributed by atoms with Crippen LogP contribution in [0.1, 0.15) is 57.0 Å². The lowest BCUT2D eigenvalue weighted by Crippen LogP contribution is -2.35. The fourth-order valence-electron chi connectivity index (χ4n) is 4.06. The van der Waals surface area contributed by atoms with Gasteiger partial charge in [-0.05, 0) is 37.5 Å². The van der Waals surface area contributed by atoms with Crippen LogP contribution in [0.2, 0.25) is 0 Å². The molecule has 0 N–H and O–H groups in total. The van der Waals surface area contributed by atoms with Crippen molar-refractivity contribution in [3.05, 3.63) is 17.7 Å². The summed E-state index contributed by atoms with van der Waals surface area (Å²) in [6, 6.07) is 0. The molecule has 0 spiro atoms. The average molecular weight is 340 g/mol. The van der Waals surface area contributed by atoms with Gasteiger partial charge >= 0.3 is 0 Å². The van der Waals surface area contributed by atoms with Gasteiger partial charge in [0, 0.05) is 25.7 Å². The normalized spacial score (nSPS) is 25.5. The van der Waals surface area contributed by atoms with Crippen LogP contribution < -0.4 is 0 Å². The molecule has 2 aliphatic rings. The molecule has 2 heterocycles. The molecular weight excluding hydrogens is 310 g/mol. The lowest BCUT2D eigenvalue weighted by Gasteiger charge is -2.30. The van der Waals surface area contributed by atoms with E-state index in [9.17, 15) is 8.42 Å². The van der Waals surface area contributed by atoms with Gasteiger partial charge in [0.05, 0.1) is 18.5 Å². The molecule has 1 saturated carbocycles. The maximum atomic E-state index is 12.2. The van der Waals surface area contributed by atoms with Crippen molar-refractivity contribution in [3.8, 4) is 0 Å². The Morgan fingerprint density at radius 3 is 2.83 bits per heavy atom. The van der Waals surface area contributed by atoms with Crippen molar-refractivity contribution < 1.29 is 8.42 Å². The minimum atomic E-state index is -3.20. The molecule has 1 aliphatic carbocycles. The Balaban J connectivity index is 1.70. The summed E-state index contributed by atoms with van der Waals surface area (Å²) in [4.78, 5) is 4.67. The van der Waals surface area contributed by atoms with Crippen molar-refractivity contribution in [2.24, 2.45) is 11.8 Å². The van der Waals surface area contributed by atoms with E-state index in [0.717, 1.165) is 43.2 Å². The molecule has 1 fully saturated rings. The van der Waals surface area contributed by atoms with E-state index in [2.05, 4.69) is 22.7 Å². The second-order valence-electron chi connectivity index (χ2n) is 7.49. The number of rotatable bonds is 5. The van der Waals surface area contributed by atoms with Gasteiger partial charge in [-0.15, -0.1) is 0 Å². The second kappa shape index (κ2) is 6.93.